The summed E-state index contributed by atoms with van der Waals surface area (Å²) < 4.78 is 0. The molecular formula is C13H20O. The smallest absolute Gasteiger partial charge is 0.0905 e. The molecule has 0 saturated heterocycles. The summed E-state index contributed by atoms with van der Waals surface area (Å²) in [4.78, 5) is 0. The molecule has 78 valence electrons. The van der Waals surface area contributed by atoms with E-state index in [2.05, 4.69) is 18.2 Å². The second-order valence-corrected chi connectivity index (χ2v) is 2.98. The minimum atomic E-state index is -0.458. The van der Waals surface area contributed by atoms with Crippen LogP contribution < -0.4 is 0 Å². The zero-order valence-corrected chi connectivity index (χ0v) is 9.06. The second-order valence-electron chi connectivity index (χ2n) is 2.98. The lowest BCUT2D eigenvalue weighted by Gasteiger charge is -1.93. The molecule has 0 aliphatic rings. The quantitative estimate of drug-likeness (QED) is 0.388. The topological polar surface area (TPSA) is 20.2 Å². The third-order valence-corrected chi connectivity index (χ3v) is 1.68. The molecule has 0 saturated carbocycles. The lowest BCUT2D eigenvalue weighted by atomic mass is 10.2. The van der Waals surface area contributed by atoms with E-state index in [0.29, 0.717) is 0 Å². The van der Waals surface area contributed by atoms with Crippen molar-refractivity contribution >= 4 is 0 Å². The van der Waals surface area contributed by atoms with E-state index in [-0.39, 0.29) is 0 Å². The summed E-state index contributed by atoms with van der Waals surface area (Å²) in [5, 5.41) is 9.27. The van der Waals surface area contributed by atoms with Crippen LogP contribution in [0.15, 0.2) is 48.6 Å². The Labute approximate surface area is 87.2 Å². The molecule has 0 fully saturated rings. The summed E-state index contributed by atoms with van der Waals surface area (Å²) in [5.41, 5.74) is 0. The van der Waals surface area contributed by atoms with Gasteiger partial charge in [-0.15, -0.1) is 0 Å². The highest BCUT2D eigenvalue weighted by atomic mass is 16.3. The maximum absolute atomic E-state index is 9.27. The number of allylic oxidation sites excluding steroid dienone is 6. The fourth-order valence-corrected chi connectivity index (χ4v) is 0.973. The Kier molecular flexibility index (Phi) is 9.23. The van der Waals surface area contributed by atoms with Gasteiger partial charge < -0.3 is 5.11 Å². The van der Waals surface area contributed by atoms with Crippen LogP contribution in [-0.4, -0.2) is 11.2 Å². The van der Waals surface area contributed by atoms with Gasteiger partial charge in [-0.3, -0.25) is 0 Å². The van der Waals surface area contributed by atoms with Gasteiger partial charge in [0, 0.05) is 0 Å². The first-order valence-electron chi connectivity index (χ1n) is 5.06. The molecule has 0 aromatic heterocycles. The van der Waals surface area contributed by atoms with Crippen molar-refractivity contribution in [2.75, 3.05) is 0 Å². The van der Waals surface area contributed by atoms with Crippen molar-refractivity contribution in [1.29, 1.82) is 0 Å². The van der Waals surface area contributed by atoms with Crippen LogP contribution in [0.4, 0.5) is 0 Å². The average molecular weight is 192 g/mol. The van der Waals surface area contributed by atoms with Crippen LogP contribution in [0.3, 0.4) is 0 Å². The molecule has 0 spiro atoms. The molecule has 0 aliphatic heterocycles. The predicted molar refractivity (Wildman–Crippen MR) is 63.1 cm³/mol. The van der Waals surface area contributed by atoms with E-state index in [1.54, 1.807) is 12.2 Å². The number of hydrogen-bond donors (Lipinski definition) is 1. The van der Waals surface area contributed by atoms with Crippen molar-refractivity contribution in [2.45, 2.75) is 32.8 Å². The van der Waals surface area contributed by atoms with E-state index in [1.165, 1.54) is 0 Å². The molecule has 0 radical (unpaired) electrons. The van der Waals surface area contributed by atoms with E-state index in [4.69, 9.17) is 0 Å². The van der Waals surface area contributed by atoms with Crippen molar-refractivity contribution in [3.8, 4) is 0 Å². The van der Waals surface area contributed by atoms with Crippen molar-refractivity contribution in [3.05, 3.63) is 48.6 Å². The first-order valence-corrected chi connectivity index (χ1v) is 5.06. The van der Waals surface area contributed by atoms with Gasteiger partial charge in [-0.05, 0) is 26.7 Å². The molecule has 0 aromatic rings. The molecule has 0 rings (SSSR count). The maximum Gasteiger partial charge on any atom is 0.0905 e. The number of rotatable bonds is 6. The third-order valence-electron chi connectivity index (χ3n) is 1.68. The Morgan fingerprint density at radius 2 is 1.64 bits per heavy atom. The molecule has 14 heavy (non-hydrogen) atoms. The highest BCUT2D eigenvalue weighted by Crippen LogP contribution is 1.94. The Balaban J connectivity index is 3.59. The van der Waals surface area contributed by atoms with Gasteiger partial charge in [0.25, 0.3) is 0 Å². The summed E-state index contributed by atoms with van der Waals surface area (Å²) in [6.45, 7) is 3.92. The molecule has 0 bridgehead atoms. The molecule has 0 aromatic carbocycles. The number of unbranched alkanes of at least 4 members (excludes halogenated alkanes) is 1. The Morgan fingerprint density at radius 3 is 2.29 bits per heavy atom. The highest BCUT2D eigenvalue weighted by Gasteiger charge is 1.86. The number of hydrogen-bond acceptors (Lipinski definition) is 1. The van der Waals surface area contributed by atoms with E-state index < -0.39 is 6.10 Å². The fourth-order valence-electron chi connectivity index (χ4n) is 0.973. The van der Waals surface area contributed by atoms with Crippen LogP contribution in [0.5, 0.6) is 0 Å². The SMILES string of the molecule is CC=CCCC=CC=CC(O)C=CC. The van der Waals surface area contributed by atoms with Crippen LogP contribution in [0.2, 0.25) is 0 Å². The Morgan fingerprint density at radius 1 is 0.929 bits per heavy atom. The highest BCUT2D eigenvalue weighted by molar-refractivity contribution is 5.09. The van der Waals surface area contributed by atoms with E-state index in [0.717, 1.165) is 12.8 Å². The summed E-state index contributed by atoms with van der Waals surface area (Å²) >= 11 is 0. The molecule has 0 heterocycles. The molecule has 0 amide bonds. The molecule has 1 atom stereocenters. The predicted octanol–water partition coefficient (Wildman–Crippen LogP) is 3.39. The van der Waals surface area contributed by atoms with Gasteiger partial charge in [0.1, 0.15) is 0 Å². The lowest BCUT2D eigenvalue weighted by molar-refractivity contribution is 0.271. The average Bonchev–Trinajstić information content (AvgIpc) is 2.17. The molecule has 1 N–H and O–H groups in total. The third kappa shape index (κ3) is 9.01. The molecule has 1 nitrogen and oxygen atoms in total. The van der Waals surface area contributed by atoms with E-state index in [9.17, 15) is 5.11 Å². The minimum absolute atomic E-state index is 0.458. The van der Waals surface area contributed by atoms with Gasteiger partial charge in [-0.25, -0.2) is 0 Å². The van der Waals surface area contributed by atoms with Crippen molar-refractivity contribution in [2.24, 2.45) is 0 Å². The number of aliphatic hydroxyl groups excluding tert-OH is 1. The van der Waals surface area contributed by atoms with Gasteiger partial charge in [0.05, 0.1) is 6.10 Å². The number of aliphatic hydroxyl groups is 1. The zero-order chi connectivity index (χ0) is 10.6. The van der Waals surface area contributed by atoms with Gasteiger partial charge in [0.15, 0.2) is 0 Å². The van der Waals surface area contributed by atoms with Crippen LogP contribution in [0.25, 0.3) is 0 Å². The van der Waals surface area contributed by atoms with E-state index >= 15 is 0 Å². The van der Waals surface area contributed by atoms with Gasteiger partial charge in [-0.2, -0.15) is 0 Å². The first-order chi connectivity index (χ1) is 6.81. The monoisotopic (exact) mass is 192 g/mol. The largest absolute Gasteiger partial charge is 0.385 e. The zero-order valence-electron chi connectivity index (χ0n) is 9.06. The van der Waals surface area contributed by atoms with Gasteiger partial charge in [0.2, 0.25) is 0 Å². The first kappa shape index (κ1) is 12.9. The summed E-state index contributed by atoms with van der Waals surface area (Å²) in [5.74, 6) is 0. The van der Waals surface area contributed by atoms with Crippen LogP contribution in [-0.2, 0) is 0 Å². The maximum atomic E-state index is 9.27. The molecule has 0 aliphatic carbocycles. The molecular weight excluding hydrogens is 172 g/mol. The van der Waals surface area contributed by atoms with Crippen LogP contribution >= 0.6 is 0 Å². The Hall–Kier alpha value is -1.08. The summed E-state index contributed by atoms with van der Waals surface area (Å²) in [6.07, 6.45) is 17.1. The van der Waals surface area contributed by atoms with Crippen molar-refractivity contribution in [1.82, 2.24) is 0 Å². The summed E-state index contributed by atoms with van der Waals surface area (Å²) in [7, 11) is 0. The standard InChI is InChI=1S/C13H20O/c1-3-5-6-7-8-9-10-12-13(14)11-4-2/h3-5,8-14H,6-7H2,1-2H3. The van der Waals surface area contributed by atoms with Crippen molar-refractivity contribution < 1.29 is 5.11 Å². The summed E-state index contributed by atoms with van der Waals surface area (Å²) in [6, 6.07) is 0. The minimum Gasteiger partial charge on any atom is -0.385 e. The second kappa shape index (κ2) is 10.0. The lowest BCUT2D eigenvalue weighted by Crippen LogP contribution is -1.94. The van der Waals surface area contributed by atoms with Crippen LogP contribution in [0.1, 0.15) is 26.7 Å². The normalized spacial score (nSPS) is 15.4. The van der Waals surface area contributed by atoms with Gasteiger partial charge in [-0.1, -0.05) is 48.6 Å². The molecule has 1 heteroatoms. The van der Waals surface area contributed by atoms with E-state index in [1.807, 2.05) is 32.1 Å². The van der Waals surface area contributed by atoms with Crippen LogP contribution in [0, 0.1) is 0 Å². The fraction of sp³-hybridized carbons (Fsp3) is 0.385. The van der Waals surface area contributed by atoms with Gasteiger partial charge >= 0.3 is 0 Å². The van der Waals surface area contributed by atoms with Crippen molar-refractivity contribution in [3.63, 3.8) is 0 Å². The Bertz CT molecular complexity index is 221. The molecule has 1 unspecified atom stereocenters.